The first kappa shape index (κ1) is 8.85. The van der Waals surface area contributed by atoms with E-state index in [2.05, 4.69) is 36.2 Å². The summed E-state index contributed by atoms with van der Waals surface area (Å²) in [6.45, 7) is 4.16. The van der Waals surface area contributed by atoms with E-state index in [-0.39, 0.29) is 0 Å². The Labute approximate surface area is 73.8 Å². The second-order valence-corrected chi connectivity index (χ2v) is 2.66. The van der Waals surface area contributed by atoms with Crippen LogP contribution in [0.4, 0.5) is 0 Å². The van der Waals surface area contributed by atoms with Gasteiger partial charge in [-0.1, -0.05) is 25.2 Å². The highest BCUT2D eigenvalue weighted by atomic mass is 14.7. The van der Waals surface area contributed by atoms with E-state index in [0.29, 0.717) is 0 Å². The first-order chi connectivity index (χ1) is 5.88. The van der Waals surface area contributed by atoms with Crippen molar-refractivity contribution in [2.75, 3.05) is 0 Å². The Morgan fingerprint density at radius 3 is 2.92 bits per heavy atom. The first-order valence-corrected chi connectivity index (χ1v) is 4.35. The van der Waals surface area contributed by atoms with E-state index in [9.17, 15) is 0 Å². The SMILES string of the molecule is C/C=C\c1[nH]ccc1/C=C\CC. The summed E-state index contributed by atoms with van der Waals surface area (Å²) in [4.78, 5) is 3.18. The first-order valence-electron chi connectivity index (χ1n) is 4.35. The fourth-order valence-corrected chi connectivity index (χ4v) is 1.10. The minimum atomic E-state index is 1.08. The smallest absolute Gasteiger partial charge is 0.0450 e. The molecule has 0 radical (unpaired) electrons. The molecule has 0 bridgehead atoms. The molecular formula is C11H15N. The Morgan fingerprint density at radius 2 is 2.25 bits per heavy atom. The predicted molar refractivity (Wildman–Crippen MR) is 54.8 cm³/mol. The Kier molecular flexibility index (Phi) is 3.39. The molecule has 0 saturated carbocycles. The minimum Gasteiger partial charge on any atom is -0.361 e. The molecule has 12 heavy (non-hydrogen) atoms. The molecule has 1 N–H and O–H groups in total. The van der Waals surface area contributed by atoms with Crippen molar-refractivity contribution in [3.63, 3.8) is 0 Å². The molecule has 0 spiro atoms. The molecule has 0 aliphatic carbocycles. The van der Waals surface area contributed by atoms with Crippen LogP contribution in [-0.2, 0) is 0 Å². The third-order valence-corrected chi connectivity index (χ3v) is 1.68. The van der Waals surface area contributed by atoms with Gasteiger partial charge in [-0.25, -0.2) is 0 Å². The van der Waals surface area contributed by atoms with Gasteiger partial charge in [0, 0.05) is 11.9 Å². The molecular weight excluding hydrogens is 146 g/mol. The molecule has 64 valence electrons. The molecule has 1 heteroatoms. The third kappa shape index (κ3) is 2.12. The highest BCUT2D eigenvalue weighted by Gasteiger charge is 1.93. The molecule has 0 aliphatic heterocycles. The highest BCUT2D eigenvalue weighted by Crippen LogP contribution is 2.10. The van der Waals surface area contributed by atoms with Crippen LogP contribution in [0.15, 0.2) is 24.4 Å². The summed E-state index contributed by atoms with van der Waals surface area (Å²) >= 11 is 0. The van der Waals surface area contributed by atoms with Crippen molar-refractivity contribution < 1.29 is 0 Å². The number of H-pyrrole nitrogens is 1. The van der Waals surface area contributed by atoms with E-state index >= 15 is 0 Å². The second-order valence-electron chi connectivity index (χ2n) is 2.66. The molecule has 1 aromatic heterocycles. The Hall–Kier alpha value is -1.24. The number of hydrogen-bond donors (Lipinski definition) is 1. The second kappa shape index (κ2) is 4.60. The number of aromatic nitrogens is 1. The lowest BCUT2D eigenvalue weighted by Gasteiger charge is -1.90. The third-order valence-electron chi connectivity index (χ3n) is 1.68. The number of nitrogens with one attached hydrogen (secondary N) is 1. The molecule has 1 nitrogen and oxygen atoms in total. The number of hydrogen-bond acceptors (Lipinski definition) is 0. The number of aromatic amines is 1. The Balaban J connectivity index is 2.83. The van der Waals surface area contributed by atoms with Crippen LogP contribution in [0.25, 0.3) is 12.2 Å². The van der Waals surface area contributed by atoms with Gasteiger partial charge >= 0.3 is 0 Å². The number of allylic oxidation sites excluding steroid dienone is 2. The van der Waals surface area contributed by atoms with Gasteiger partial charge in [-0.15, -0.1) is 0 Å². The van der Waals surface area contributed by atoms with Crippen LogP contribution in [-0.4, -0.2) is 4.98 Å². The average Bonchev–Trinajstić information content (AvgIpc) is 2.50. The zero-order chi connectivity index (χ0) is 8.81. The molecule has 0 atom stereocenters. The largest absolute Gasteiger partial charge is 0.361 e. The lowest BCUT2D eigenvalue weighted by atomic mass is 10.2. The lowest BCUT2D eigenvalue weighted by Crippen LogP contribution is -1.73. The monoisotopic (exact) mass is 161 g/mol. The van der Waals surface area contributed by atoms with E-state index in [0.717, 1.165) is 6.42 Å². The fraction of sp³-hybridized carbons (Fsp3) is 0.273. The van der Waals surface area contributed by atoms with E-state index in [4.69, 9.17) is 0 Å². The summed E-state index contributed by atoms with van der Waals surface area (Å²) in [5.74, 6) is 0. The Bertz CT molecular complexity index is 279. The van der Waals surface area contributed by atoms with Crippen LogP contribution >= 0.6 is 0 Å². The van der Waals surface area contributed by atoms with Gasteiger partial charge in [-0.2, -0.15) is 0 Å². The Morgan fingerprint density at radius 1 is 1.42 bits per heavy atom. The average molecular weight is 161 g/mol. The van der Waals surface area contributed by atoms with Crippen LogP contribution < -0.4 is 0 Å². The lowest BCUT2D eigenvalue weighted by molar-refractivity contribution is 1.23. The van der Waals surface area contributed by atoms with Gasteiger partial charge in [0.05, 0.1) is 0 Å². The molecule has 0 aromatic carbocycles. The maximum Gasteiger partial charge on any atom is 0.0450 e. The fourth-order valence-electron chi connectivity index (χ4n) is 1.10. The summed E-state index contributed by atoms with van der Waals surface area (Å²) in [7, 11) is 0. The van der Waals surface area contributed by atoms with Gasteiger partial charge in [0.1, 0.15) is 0 Å². The van der Waals surface area contributed by atoms with Crippen LogP contribution in [0.3, 0.4) is 0 Å². The summed E-state index contributed by atoms with van der Waals surface area (Å²) < 4.78 is 0. The molecule has 0 fully saturated rings. The maximum atomic E-state index is 3.18. The van der Waals surface area contributed by atoms with Gasteiger partial charge in [0.2, 0.25) is 0 Å². The van der Waals surface area contributed by atoms with Crippen molar-refractivity contribution in [1.29, 1.82) is 0 Å². The van der Waals surface area contributed by atoms with Gasteiger partial charge in [0.15, 0.2) is 0 Å². The summed E-state index contributed by atoms with van der Waals surface area (Å²) in [5, 5.41) is 0. The quantitative estimate of drug-likeness (QED) is 0.698. The summed E-state index contributed by atoms with van der Waals surface area (Å²) in [6, 6.07) is 2.08. The predicted octanol–water partition coefficient (Wildman–Crippen LogP) is 3.47. The maximum absolute atomic E-state index is 3.18. The van der Waals surface area contributed by atoms with Crippen LogP contribution in [0.1, 0.15) is 31.5 Å². The van der Waals surface area contributed by atoms with Gasteiger partial charge in [-0.05, 0) is 31.1 Å². The van der Waals surface area contributed by atoms with Crippen molar-refractivity contribution in [3.8, 4) is 0 Å². The molecule has 0 unspecified atom stereocenters. The minimum absolute atomic E-state index is 1.08. The summed E-state index contributed by atoms with van der Waals surface area (Å²) in [6.07, 6.45) is 11.5. The van der Waals surface area contributed by atoms with E-state index in [1.807, 2.05) is 19.2 Å². The van der Waals surface area contributed by atoms with Crippen molar-refractivity contribution in [2.24, 2.45) is 0 Å². The zero-order valence-electron chi connectivity index (χ0n) is 7.67. The number of rotatable bonds is 3. The van der Waals surface area contributed by atoms with E-state index in [1.54, 1.807) is 0 Å². The van der Waals surface area contributed by atoms with Crippen LogP contribution in [0.5, 0.6) is 0 Å². The molecule has 0 saturated heterocycles. The van der Waals surface area contributed by atoms with Crippen molar-refractivity contribution in [1.82, 2.24) is 4.98 Å². The van der Waals surface area contributed by atoms with Gasteiger partial charge < -0.3 is 4.98 Å². The standard InChI is InChI=1S/C11H15N/c1-3-5-7-10-8-9-12-11(10)6-4-2/h4-9,12H,3H2,1-2H3/b6-4-,7-5-. The van der Waals surface area contributed by atoms with Crippen molar-refractivity contribution in [2.45, 2.75) is 20.3 Å². The van der Waals surface area contributed by atoms with E-state index in [1.165, 1.54) is 11.3 Å². The van der Waals surface area contributed by atoms with Crippen molar-refractivity contribution >= 4 is 12.2 Å². The van der Waals surface area contributed by atoms with Crippen molar-refractivity contribution in [3.05, 3.63) is 35.7 Å². The molecule has 1 rings (SSSR count). The summed E-state index contributed by atoms with van der Waals surface area (Å²) in [5.41, 5.74) is 2.44. The van der Waals surface area contributed by atoms with E-state index < -0.39 is 0 Å². The molecule has 0 amide bonds. The van der Waals surface area contributed by atoms with Crippen LogP contribution in [0.2, 0.25) is 0 Å². The van der Waals surface area contributed by atoms with Gasteiger partial charge in [0.25, 0.3) is 0 Å². The molecule has 0 aliphatic rings. The molecule has 1 aromatic rings. The molecule has 1 heterocycles. The van der Waals surface area contributed by atoms with Gasteiger partial charge in [-0.3, -0.25) is 0 Å². The highest BCUT2D eigenvalue weighted by molar-refractivity contribution is 5.62. The van der Waals surface area contributed by atoms with Crippen LogP contribution in [0, 0.1) is 0 Å². The normalized spacial score (nSPS) is 11.8. The topological polar surface area (TPSA) is 15.8 Å². The zero-order valence-corrected chi connectivity index (χ0v) is 7.67.